The van der Waals surface area contributed by atoms with E-state index in [-0.39, 0.29) is 23.7 Å². The number of nitriles is 1. The number of halogens is 1. The molecule has 0 unspecified atom stereocenters. The van der Waals surface area contributed by atoms with Crippen LogP contribution in [0.15, 0.2) is 18.3 Å². The number of fused-ring (bicyclic) bond motifs is 4. The van der Waals surface area contributed by atoms with Gasteiger partial charge in [-0.2, -0.15) is 15.5 Å². The number of ether oxygens (including phenoxy) is 1. The fraction of sp³-hybridized carbons (Fsp3) is 0.478. The van der Waals surface area contributed by atoms with Gasteiger partial charge in [0.1, 0.15) is 17.3 Å². The molecule has 6 rings (SSSR count). The van der Waals surface area contributed by atoms with E-state index in [1.54, 1.807) is 12.1 Å². The van der Waals surface area contributed by atoms with Gasteiger partial charge >= 0.3 is 0 Å². The summed E-state index contributed by atoms with van der Waals surface area (Å²) in [5.74, 6) is -0.356. The van der Waals surface area contributed by atoms with Gasteiger partial charge in [-0.1, -0.05) is 0 Å². The number of hydrogen-bond donors (Lipinski definition) is 1. The lowest BCUT2D eigenvalue weighted by Gasteiger charge is -2.35. The number of morpholine rings is 1. The molecule has 0 bridgehead atoms. The number of aromatic nitrogens is 4. The maximum absolute atomic E-state index is 14.7. The summed E-state index contributed by atoms with van der Waals surface area (Å²) >= 11 is 0. The zero-order valence-electron chi connectivity index (χ0n) is 18.9. The summed E-state index contributed by atoms with van der Waals surface area (Å²) in [6.07, 6.45) is 1.72. The molecule has 6 heterocycles. The smallest absolute Gasteiger partial charge is 0.240 e. The monoisotopic (exact) mass is 464 g/mol. The van der Waals surface area contributed by atoms with Crippen molar-refractivity contribution in [1.82, 2.24) is 29.6 Å². The minimum Gasteiger partial charge on any atom is -0.378 e. The predicted molar refractivity (Wildman–Crippen MR) is 120 cm³/mol. The van der Waals surface area contributed by atoms with E-state index in [0.29, 0.717) is 63.6 Å². The van der Waals surface area contributed by atoms with Crippen LogP contribution in [-0.4, -0.2) is 69.1 Å². The molecule has 176 valence electrons. The van der Waals surface area contributed by atoms with Crippen LogP contribution >= 0.6 is 0 Å². The number of carbonyl (C=O) groups is 1. The summed E-state index contributed by atoms with van der Waals surface area (Å²) in [7, 11) is 0. The highest BCUT2D eigenvalue weighted by atomic mass is 19.1. The Kier molecular flexibility index (Phi) is 5.00. The average Bonchev–Trinajstić information content (AvgIpc) is 3.44. The van der Waals surface area contributed by atoms with E-state index in [4.69, 9.17) is 9.84 Å². The van der Waals surface area contributed by atoms with Crippen LogP contribution in [0.2, 0.25) is 0 Å². The van der Waals surface area contributed by atoms with E-state index in [0.717, 1.165) is 23.1 Å². The standard InChI is InChI=1S/C23H25FN8O2/c1-14-12-30(20-3-2-15(9-25)32-22(20)17(24)10-27-32)13-21-16-8-18(26-11-19(16)28-31(14)21)23(33)29-4-6-34-7-5-29/h2-3,10,14,18,26H,4-8,11-13H2,1H3/t14-,18+/m1/s1. The molecule has 11 heteroatoms. The van der Waals surface area contributed by atoms with Crippen LogP contribution in [0, 0.1) is 17.1 Å². The van der Waals surface area contributed by atoms with Gasteiger partial charge in [0.15, 0.2) is 5.82 Å². The molecule has 0 aromatic carbocycles. The summed E-state index contributed by atoms with van der Waals surface area (Å²) in [5, 5.41) is 21.7. The fourth-order valence-corrected chi connectivity index (χ4v) is 5.35. The molecule has 3 aliphatic rings. The Balaban J connectivity index is 1.33. The van der Waals surface area contributed by atoms with Crippen molar-refractivity contribution >= 4 is 17.1 Å². The van der Waals surface area contributed by atoms with Crippen LogP contribution in [0.1, 0.15) is 35.6 Å². The first kappa shape index (κ1) is 21.1. The molecule has 3 aromatic heterocycles. The molecule has 1 saturated heterocycles. The van der Waals surface area contributed by atoms with Crippen LogP contribution in [0.4, 0.5) is 10.1 Å². The highest BCUT2D eigenvalue weighted by Crippen LogP contribution is 2.34. The molecule has 2 atom stereocenters. The van der Waals surface area contributed by atoms with Crippen molar-refractivity contribution in [2.45, 2.75) is 38.5 Å². The molecule has 0 radical (unpaired) electrons. The van der Waals surface area contributed by atoms with E-state index in [9.17, 15) is 14.4 Å². The molecule has 0 saturated carbocycles. The number of nitrogens with one attached hydrogen (secondary N) is 1. The SMILES string of the molecule is C[C@@H]1CN(c2ccc(C#N)n3ncc(F)c23)Cc2c3c(nn21)CN[C@H](C(=O)N1CCOCC1)C3. The zero-order chi connectivity index (χ0) is 23.4. The van der Waals surface area contributed by atoms with E-state index < -0.39 is 5.82 Å². The Morgan fingerprint density at radius 2 is 2.15 bits per heavy atom. The summed E-state index contributed by atoms with van der Waals surface area (Å²) in [5.41, 5.74) is 4.39. The Morgan fingerprint density at radius 1 is 1.32 bits per heavy atom. The predicted octanol–water partition coefficient (Wildman–Crippen LogP) is 0.996. The highest BCUT2D eigenvalue weighted by molar-refractivity contribution is 5.83. The minimum absolute atomic E-state index is 0.0596. The minimum atomic E-state index is -0.457. The first-order valence-corrected chi connectivity index (χ1v) is 11.6. The van der Waals surface area contributed by atoms with Crippen molar-refractivity contribution < 1.29 is 13.9 Å². The molecular formula is C23H25FN8O2. The number of amides is 1. The average molecular weight is 465 g/mol. The Hall–Kier alpha value is -3.49. The zero-order valence-corrected chi connectivity index (χ0v) is 18.9. The number of hydrogen-bond acceptors (Lipinski definition) is 7. The van der Waals surface area contributed by atoms with Gasteiger partial charge in [-0.3, -0.25) is 14.8 Å². The summed E-state index contributed by atoms with van der Waals surface area (Å²) in [6, 6.07) is 5.29. The van der Waals surface area contributed by atoms with E-state index in [1.807, 2.05) is 4.90 Å². The van der Waals surface area contributed by atoms with Crippen molar-refractivity contribution in [2.75, 3.05) is 37.7 Å². The van der Waals surface area contributed by atoms with Crippen molar-refractivity contribution in [3.63, 3.8) is 0 Å². The molecule has 34 heavy (non-hydrogen) atoms. The molecule has 10 nitrogen and oxygen atoms in total. The molecule has 3 aliphatic heterocycles. The lowest BCUT2D eigenvalue weighted by atomic mass is 9.96. The molecule has 1 fully saturated rings. The van der Waals surface area contributed by atoms with E-state index in [2.05, 4.69) is 33.0 Å². The second-order valence-electron chi connectivity index (χ2n) is 9.09. The van der Waals surface area contributed by atoms with Crippen molar-refractivity contribution in [1.29, 1.82) is 5.26 Å². The number of pyridine rings is 1. The van der Waals surface area contributed by atoms with Gasteiger partial charge in [0.05, 0.1) is 55.1 Å². The topological polar surface area (TPSA) is 104 Å². The second-order valence-corrected chi connectivity index (χ2v) is 9.09. The first-order chi connectivity index (χ1) is 16.5. The Bertz CT molecular complexity index is 1320. The van der Waals surface area contributed by atoms with Gasteiger partial charge in [-0.05, 0) is 19.1 Å². The van der Waals surface area contributed by atoms with Gasteiger partial charge in [-0.15, -0.1) is 0 Å². The maximum Gasteiger partial charge on any atom is 0.240 e. The van der Waals surface area contributed by atoms with Gasteiger partial charge < -0.3 is 14.5 Å². The number of anilines is 1. The van der Waals surface area contributed by atoms with Crippen molar-refractivity contribution in [2.24, 2.45) is 0 Å². The quantitative estimate of drug-likeness (QED) is 0.603. The lowest BCUT2D eigenvalue weighted by molar-refractivity contribution is -0.137. The normalized spacial score (nSPS) is 22.4. The third-order valence-electron chi connectivity index (χ3n) is 7.04. The second kappa shape index (κ2) is 8.07. The fourth-order valence-electron chi connectivity index (χ4n) is 5.35. The number of carbonyl (C=O) groups excluding carboxylic acids is 1. The summed E-state index contributed by atoms with van der Waals surface area (Å²) in [6.45, 7) is 6.19. The maximum atomic E-state index is 14.7. The van der Waals surface area contributed by atoms with Crippen LogP contribution in [0.25, 0.3) is 5.52 Å². The van der Waals surface area contributed by atoms with Crippen molar-refractivity contribution in [3.05, 3.63) is 46.8 Å². The van der Waals surface area contributed by atoms with Crippen LogP contribution in [0.5, 0.6) is 0 Å². The van der Waals surface area contributed by atoms with E-state index in [1.165, 1.54) is 4.52 Å². The Morgan fingerprint density at radius 3 is 2.94 bits per heavy atom. The first-order valence-electron chi connectivity index (χ1n) is 11.6. The van der Waals surface area contributed by atoms with Crippen LogP contribution in [-0.2, 0) is 29.0 Å². The summed E-state index contributed by atoms with van der Waals surface area (Å²) in [4.78, 5) is 17.1. The third-order valence-corrected chi connectivity index (χ3v) is 7.04. The summed E-state index contributed by atoms with van der Waals surface area (Å²) < 4.78 is 23.5. The molecule has 3 aromatic rings. The largest absolute Gasteiger partial charge is 0.378 e. The molecule has 1 amide bonds. The molecular weight excluding hydrogens is 439 g/mol. The van der Waals surface area contributed by atoms with Gasteiger partial charge in [-0.25, -0.2) is 8.91 Å². The van der Waals surface area contributed by atoms with Crippen molar-refractivity contribution in [3.8, 4) is 6.07 Å². The third kappa shape index (κ3) is 3.25. The number of rotatable bonds is 2. The molecule has 1 N–H and O–H groups in total. The van der Waals surface area contributed by atoms with Gasteiger partial charge in [0.2, 0.25) is 5.91 Å². The molecule has 0 spiro atoms. The molecule has 0 aliphatic carbocycles. The van der Waals surface area contributed by atoms with Gasteiger partial charge in [0.25, 0.3) is 0 Å². The number of nitrogens with zero attached hydrogens (tertiary/aromatic N) is 7. The van der Waals surface area contributed by atoms with Crippen LogP contribution in [0.3, 0.4) is 0 Å². The van der Waals surface area contributed by atoms with E-state index >= 15 is 0 Å². The van der Waals surface area contributed by atoms with Crippen LogP contribution < -0.4 is 10.2 Å². The Labute approximate surface area is 195 Å². The van der Waals surface area contributed by atoms with Gasteiger partial charge in [0, 0.05) is 38.2 Å². The highest BCUT2D eigenvalue weighted by Gasteiger charge is 2.36. The lowest BCUT2D eigenvalue weighted by Crippen LogP contribution is -2.52.